The van der Waals surface area contributed by atoms with E-state index in [4.69, 9.17) is 4.74 Å². The number of carbonyl (C=O) groups is 2. The van der Waals surface area contributed by atoms with E-state index in [1.807, 2.05) is 30.3 Å². The van der Waals surface area contributed by atoms with Crippen LogP contribution in [0, 0.1) is 0 Å². The van der Waals surface area contributed by atoms with Crippen LogP contribution in [-0.4, -0.2) is 17.7 Å². The molecule has 0 N–H and O–H groups in total. The van der Waals surface area contributed by atoms with Crippen LogP contribution in [0.5, 0.6) is 0 Å². The van der Waals surface area contributed by atoms with Gasteiger partial charge >= 0.3 is 5.97 Å². The van der Waals surface area contributed by atoms with Crippen LogP contribution in [0.3, 0.4) is 0 Å². The van der Waals surface area contributed by atoms with Crippen molar-refractivity contribution >= 4 is 22.8 Å². The molecule has 0 unspecified atom stereocenters. The lowest BCUT2D eigenvalue weighted by Gasteiger charge is -2.03. The zero-order chi connectivity index (χ0) is 14.4. The Morgan fingerprint density at radius 1 is 0.950 bits per heavy atom. The summed E-state index contributed by atoms with van der Waals surface area (Å²) < 4.78 is 4.89. The largest absolute Gasteiger partial charge is 0.462 e. The predicted octanol–water partition coefficient (Wildman–Crippen LogP) is 3.80. The molecule has 0 atom stereocenters. The number of rotatable bonds is 4. The molecule has 0 saturated carbocycles. The second-order valence-corrected chi connectivity index (χ2v) is 5.05. The van der Waals surface area contributed by atoms with Gasteiger partial charge in [-0.2, -0.15) is 0 Å². The third-order valence-corrected chi connectivity index (χ3v) is 3.51. The van der Waals surface area contributed by atoms with E-state index >= 15 is 0 Å². The average Bonchev–Trinajstić information content (AvgIpc) is 2.48. The van der Waals surface area contributed by atoms with Gasteiger partial charge in [-0.25, -0.2) is 4.79 Å². The van der Waals surface area contributed by atoms with Crippen LogP contribution in [-0.2, 0) is 4.74 Å². The molecule has 0 aromatic heterocycles. The Hall–Kier alpha value is -2.07. The van der Waals surface area contributed by atoms with E-state index in [2.05, 4.69) is 0 Å². The van der Waals surface area contributed by atoms with Crippen molar-refractivity contribution in [3.63, 3.8) is 0 Å². The molecule has 0 radical (unpaired) electrons. The van der Waals surface area contributed by atoms with Crippen LogP contribution >= 0.6 is 11.8 Å². The zero-order valence-electron chi connectivity index (χ0n) is 11.0. The molecule has 2 aromatic rings. The minimum atomic E-state index is -0.373. The average molecular weight is 286 g/mol. The summed E-state index contributed by atoms with van der Waals surface area (Å²) >= 11 is 1.17. The number of esters is 1. The molecule has 0 amide bonds. The summed E-state index contributed by atoms with van der Waals surface area (Å²) in [5.41, 5.74) is 1.01. The first-order valence-electron chi connectivity index (χ1n) is 6.25. The van der Waals surface area contributed by atoms with Crippen LogP contribution in [0.2, 0.25) is 0 Å². The summed E-state index contributed by atoms with van der Waals surface area (Å²) in [4.78, 5) is 24.5. The molecule has 20 heavy (non-hydrogen) atoms. The Bertz CT molecular complexity index is 591. The molecule has 2 rings (SSSR count). The minimum absolute atomic E-state index is 0.0494. The maximum Gasteiger partial charge on any atom is 0.338 e. The standard InChI is InChI=1S/C16H14O3S/c1-2-19-15(17)12-8-10-13(11-9-12)16(18)20-14-6-4-3-5-7-14/h3-11H,2H2,1H3. The van der Waals surface area contributed by atoms with Crippen molar-refractivity contribution in [2.24, 2.45) is 0 Å². The van der Waals surface area contributed by atoms with Crippen LogP contribution in [0.25, 0.3) is 0 Å². The molecule has 0 fully saturated rings. The Morgan fingerprint density at radius 3 is 2.15 bits per heavy atom. The van der Waals surface area contributed by atoms with E-state index in [0.717, 1.165) is 4.90 Å². The summed E-state index contributed by atoms with van der Waals surface area (Å²) in [7, 11) is 0. The van der Waals surface area contributed by atoms with Crippen LogP contribution < -0.4 is 0 Å². The molecular formula is C16H14O3S. The SMILES string of the molecule is CCOC(=O)c1ccc(C(=O)Sc2ccccc2)cc1. The number of ether oxygens (including phenoxy) is 1. The highest BCUT2D eigenvalue weighted by molar-refractivity contribution is 8.14. The van der Waals surface area contributed by atoms with Gasteiger partial charge in [-0.1, -0.05) is 18.2 Å². The maximum absolute atomic E-state index is 12.1. The fourth-order valence-corrected chi connectivity index (χ4v) is 2.37. The normalized spacial score (nSPS) is 10.1. The van der Waals surface area contributed by atoms with E-state index in [-0.39, 0.29) is 11.1 Å². The lowest BCUT2D eigenvalue weighted by atomic mass is 10.1. The lowest BCUT2D eigenvalue weighted by molar-refractivity contribution is 0.0526. The van der Waals surface area contributed by atoms with Crippen molar-refractivity contribution in [2.75, 3.05) is 6.61 Å². The van der Waals surface area contributed by atoms with Crippen LogP contribution in [0.4, 0.5) is 0 Å². The second-order valence-electron chi connectivity index (χ2n) is 4.00. The Morgan fingerprint density at radius 2 is 1.55 bits per heavy atom. The second kappa shape index (κ2) is 6.91. The van der Waals surface area contributed by atoms with Gasteiger partial charge in [0.1, 0.15) is 0 Å². The van der Waals surface area contributed by atoms with Gasteiger partial charge in [-0.05, 0) is 55.1 Å². The van der Waals surface area contributed by atoms with E-state index in [9.17, 15) is 9.59 Å². The highest BCUT2D eigenvalue weighted by Gasteiger charge is 2.10. The van der Waals surface area contributed by atoms with Crippen molar-refractivity contribution in [2.45, 2.75) is 11.8 Å². The Kier molecular flexibility index (Phi) is 4.96. The minimum Gasteiger partial charge on any atom is -0.462 e. The zero-order valence-corrected chi connectivity index (χ0v) is 11.9. The number of carbonyl (C=O) groups excluding carboxylic acids is 2. The van der Waals surface area contributed by atoms with Crippen LogP contribution in [0.15, 0.2) is 59.5 Å². The third-order valence-electron chi connectivity index (χ3n) is 2.59. The topological polar surface area (TPSA) is 43.4 Å². The smallest absolute Gasteiger partial charge is 0.338 e. The van der Waals surface area contributed by atoms with Gasteiger partial charge in [-0.15, -0.1) is 0 Å². The monoisotopic (exact) mass is 286 g/mol. The Balaban J connectivity index is 2.06. The predicted molar refractivity (Wildman–Crippen MR) is 79.0 cm³/mol. The fourth-order valence-electron chi connectivity index (χ4n) is 1.61. The molecule has 4 heteroatoms. The fraction of sp³-hybridized carbons (Fsp3) is 0.125. The molecule has 0 aliphatic rings. The number of hydrogen-bond acceptors (Lipinski definition) is 4. The van der Waals surface area contributed by atoms with Crippen molar-refractivity contribution in [1.29, 1.82) is 0 Å². The van der Waals surface area contributed by atoms with Crippen molar-refractivity contribution < 1.29 is 14.3 Å². The molecule has 0 aliphatic heterocycles. The van der Waals surface area contributed by atoms with Crippen molar-refractivity contribution in [1.82, 2.24) is 0 Å². The number of hydrogen-bond donors (Lipinski definition) is 0. The Labute approximate surface area is 122 Å². The summed E-state index contributed by atoms with van der Waals surface area (Å²) in [6, 6.07) is 16.0. The number of thioether (sulfide) groups is 1. The third kappa shape index (κ3) is 3.71. The lowest BCUT2D eigenvalue weighted by Crippen LogP contribution is -2.04. The summed E-state index contributed by atoms with van der Waals surface area (Å²) in [5, 5.41) is -0.0494. The molecule has 102 valence electrons. The van der Waals surface area contributed by atoms with Crippen molar-refractivity contribution in [3.05, 3.63) is 65.7 Å². The van der Waals surface area contributed by atoms with E-state index in [1.165, 1.54) is 11.8 Å². The van der Waals surface area contributed by atoms with Gasteiger partial charge in [0.2, 0.25) is 5.12 Å². The van der Waals surface area contributed by atoms with Gasteiger partial charge in [0.15, 0.2) is 0 Å². The van der Waals surface area contributed by atoms with Gasteiger partial charge in [0, 0.05) is 10.5 Å². The van der Waals surface area contributed by atoms with E-state index in [0.29, 0.717) is 17.7 Å². The van der Waals surface area contributed by atoms with Gasteiger partial charge < -0.3 is 4.74 Å². The van der Waals surface area contributed by atoms with E-state index < -0.39 is 0 Å². The van der Waals surface area contributed by atoms with Crippen molar-refractivity contribution in [3.8, 4) is 0 Å². The van der Waals surface area contributed by atoms with Crippen LogP contribution in [0.1, 0.15) is 27.6 Å². The molecule has 0 spiro atoms. The molecule has 3 nitrogen and oxygen atoms in total. The highest BCUT2D eigenvalue weighted by Crippen LogP contribution is 2.22. The molecular weight excluding hydrogens is 272 g/mol. The van der Waals surface area contributed by atoms with Gasteiger partial charge in [-0.3, -0.25) is 4.79 Å². The highest BCUT2D eigenvalue weighted by atomic mass is 32.2. The van der Waals surface area contributed by atoms with Gasteiger partial charge in [0.25, 0.3) is 0 Å². The summed E-state index contributed by atoms with van der Waals surface area (Å²) in [6.45, 7) is 2.09. The first-order valence-corrected chi connectivity index (χ1v) is 7.06. The molecule has 0 aliphatic carbocycles. The quantitative estimate of drug-likeness (QED) is 0.633. The summed E-state index contributed by atoms with van der Waals surface area (Å²) in [5.74, 6) is -0.373. The summed E-state index contributed by atoms with van der Waals surface area (Å²) in [6.07, 6.45) is 0. The first-order chi connectivity index (χ1) is 9.70. The van der Waals surface area contributed by atoms with Gasteiger partial charge in [0.05, 0.1) is 12.2 Å². The maximum atomic E-state index is 12.1. The molecule has 0 bridgehead atoms. The molecule has 0 saturated heterocycles. The van der Waals surface area contributed by atoms with E-state index in [1.54, 1.807) is 31.2 Å². The molecule has 0 heterocycles. The number of benzene rings is 2. The molecule has 2 aromatic carbocycles. The first kappa shape index (κ1) is 14.3.